The molecule has 0 aromatic carbocycles. The van der Waals surface area contributed by atoms with Crippen LogP contribution in [0.2, 0.25) is 0 Å². The summed E-state index contributed by atoms with van der Waals surface area (Å²) in [4.78, 5) is 21.7. The first-order valence-corrected chi connectivity index (χ1v) is 4.06. The molecule has 0 aromatic heterocycles. The maximum atomic E-state index is 10.9. The number of ketones is 2. The van der Waals surface area contributed by atoms with E-state index in [1.807, 2.05) is 0 Å². The Morgan fingerprint density at radius 3 is 2.33 bits per heavy atom. The van der Waals surface area contributed by atoms with Gasteiger partial charge in [0.15, 0.2) is 0 Å². The minimum absolute atomic E-state index is 0.395. The maximum absolute atomic E-state index is 10.9. The topological polar surface area (TPSA) is 34.1 Å². The van der Waals surface area contributed by atoms with Gasteiger partial charge in [-0.25, -0.2) is 0 Å². The fraction of sp³-hybridized carbons (Fsp3) is 0.400. The minimum Gasteiger partial charge on any atom is -0.286 e. The summed E-state index contributed by atoms with van der Waals surface area (Å²) < 4.78 is 0. The summed E-state index contributed by atoms with van der Waals surface area (Å²) in [5.41, 5.74) is 0.953. The average molecular weight is 164 g/mol. The zero-order chi connectivity index (χ0) is 9.14. The van der Waals surface area contributed by atoms with Gasteiger partial charge >= 0.3 is 0 Å². The molecule has 0 bridgehead atoms. The SMILES string of the molecule is CC(C)CC1=CC(=O)C(=O)C=C1. The molecule has 0 N–H and O–H groups in total. The van der Waals surface area contributed by atoms with Crippen LogP contribution in [0.3, 0.4) is 0 Å². The molecule has 1 aliphatic rings. The summed E-state index contributed by atoms with van der Waals surface area (Å²) >= 11 is 0. The second kappa shape index (κ2) is 3.48. The van der Waals surface area contributed by atoms with Gasteiger partial charge in [0.25, 0.3) is 0 Å². The minimum atomic E-state index is -0.414. The van der Waals surface area contributed by atoms with Crippen molar-refractivity contribution in [3.63, 3.8) is 0 Å². The van der Waals surface area contributed by atoms with Crippen LogP contribution in [0.4, 0.5) is 0 Å². The van der Waals surface area contributed by atoms with E-state index in [9.17, 15) is 9.59 Å². The normalized spacial score (nSPS) is 17.1. The lowest BCUT2D eigenvalue weighted by atomic mass is 9.97. The monoisotopic (exact) mass is 164 g/mol. The zero-order valence-electron chi connectivity index (χ0n) is 7.33. The van der Waals surface area contributed by atoms with E-state index >= 15 is 0 Å². The third-order valence-corrected chi connectivity index (χ3v) is 1.65. The fourth-order valence-electron chi connectivity index (χ4n) is 1.15. The predicted octanol–water partition coefficient (Wildman–Crippen LogP) is 1.67. The Bertz CT molecular complexity index is 270. The molecular weight excluding hydrogens is 152 g/mol. The summed E-state index contributed by atoms with van der Waals surface area (Å²) in [6.07, 6.45) is 5.36. The first kappa shape index (κ1) is 8.91. The van der Waals surface area contributed by atoms with Gasteiger partial charge in [0.2, 0.25) is 11.6 Å². The standard InChI is InChI=1S/C10H12O2/c1-7(2)5-8-3-4-9(11)10(12)6-8/h3-4,6-7H,5H2,1-2H3. The summed E-state index contributed by atoms with van der Waals surface area (Å²) in [6, 6.07) is 0. The van der Waals surface area contributed by atoms with Crippen molar-refractivity contribution in [2.45, 2.75) is 20.3 Å². The van der Waals surface area contributed by atoms with Crippen molar-refractivity contribution in [3.05, 3.63) is 23.8 Å². The van der Waals surface area contributed by atoms with Crippen LogP contribution in [-0.2, 0) is 9.59 Å². The Morgan fingerprint density at radius 2 is 1.83 bits per heavy atom. The predicted molar refractivity (Wildman–Crippen MR) is 46.7 cm³/mol. The lowest BCUT2D eigenvalue weighted by Crippen LogP contribution is -2.12. The van der Waals surface area contributed by atoms with E-state index in [1.54, 1.807) is 6.08 Å². The van der Waals surface area contributed by atoms with Crippen molar-refractivity contribution in [2.24, 2.45) is 5.92 Å². The molecule has 0 saturated carbocycles. The van der Waals surface area contributed by atoms with Gasteiger partial charge in [-0.15, -0.1) is 0 Å². The number of carbonyl (C=O) groups is 2. The number of hydrogen-bond donors (Lipinski definition) is 0. The highest BCUT2D eigenvalue weighted by Crippen LogP contribution is 2.14. The average Bonchev–Trinajstić information content (AvgIpc) is 1.96. The number of rotatable bonds is 2. The molecule has 0 heterocycles. The highest BCUT2D eigenvalue weighted by atomic mass is 16.2. The molecule has 0 aliphatic heterocycles. The molecule has 1 aliphatic carbocycles. The Labute approximate surface area is 72.0 Å². The summed E-state index contributed by atoms with van der Waals surface area (Å²) in [7, 11) is 0. The van der Waals surface area contributed by atoms with Crippen LogP contribution < -0.4 is 0 Å². The summed E-state index contributed by atoms with van der Waals surface area (Å²) in [5.74, 6) is -0.294. The summed E-state index contributed by atoms with van der Waals surface area (Å²) in [6.45, 7) is 4.16. The van der Waals surface area contributed by atoms with Crippen molar-refractivity contribution in [3.8, 4) is 0 Å². The molecular formula is C10H12O2. The van der Waals surface area contributed by atoms with Crippen LogP contribution >= 0.6 is 0 Å². The van der Waals surface area contributed by atoms with Crippen LogP contribution in [0.15, 0.2) is 23.8 Å². The number of allylic oxidation sites excluding steroid dienone is 4. The number of carbonyl (C=O) groups excluding carboxylic acids is 2. The lowest BCUT2D eigenvalue weighted by molar-refractivity contribution is -0.131. The summed E-state index contributed by atoms with van der Waals surface area (Å²) in [5, 5.41) is 0. The molecule has 0 radical (unpaired) electrons. The van der Waals surface area contributed by atoms with Gasteiger partial charge in [-0.1, -0.05) is 19.9 Å². The zero-order valence-corrected chi connectivity index (χ0v) is 7.33. The highest BCUT2D eigenvalue weighted by Gasteiger charge is 2.13. The third-order valence-electron chi connectivity index (χ3n) is 1.65. The fourth-order valence-corrected chi connectivity index (χ4v) is 1.15. The Balaban J connectivity index is 2.70. The smallest absolute Gasteiger partial charge is 0.225 e. The van der Waals surface area contributed by atoms with Gasteiger partial charge in [0.05, 0.1) is 0 Å². The molecule has 0 aromatic rings. The first-order chi connectivity index (χ1) is 5.59. The third kappa shape index (κ3) is 2.16. The maximum Gasteiger partial charge on any atom is 0.225 e. The van der Waals surface area contributed by atoms with E-state index in [4.69, 9.17) is 0 Å². The molecule has 2 heteroatoms. The van der Waals surface area contributed by atoms with Crippen molar-refractivity contribution >= 4 is 11.6 Å². The van der Waals surface area contributed by atoms with Crippen LogP contribution in [0.1, 0.15) is 20.3 Å². The van der Waals surface area contributed by atoms with E-state index < -0.39 is 11.6 Å². The van der Waals surface area contributed by atoms with Gasteiger partial charge in [-0.3, -0.25) is 9.59 Å². The first-order valence-electron chi connectivity index (χ1n) is 4.06. The second-order valence-corrected chi connectivity index (χ2v) is 3.38. The molecule has 12 heavy (non-hydrogen) atoms. The van der Waals surface area contributed by atoms with Gasteiger partial charge in [-0.2, -0.15) is 0 Å². The van der Waals surface area contributed by atoms with Crippen LogP contribution in [-0.4, -0.2) is 11.6 Å². The largest absolute Gasteiger partial charge is 0.286 e. The van der Waals surface area contributed by atoms with Gasteiger partial charge in [0.1, 0.15) is 0 Å². The second-order valence-electron chi connectivity index (χ2n) is 3.38. The van der Waals surface area contributed by atoms with Crippen molar-refractivity contribution in [1.29, 1.82) is 0 Å². The lowest BCUT2D eigenvalue weighted by Gasteiger charge is -2.07. The van der Waals surface area contributed by atoms with Gasteiger partial charge in [0, 0.05) is 0 Å². The van der Waals surface area contributed by atoms with E-state index in [0.717, 1.165) is 12.0 Å². The molecule has 0 spiro atoms. The van der Waals surface area contributed by atoms with Crippen LogP contribution in [0.25, 0.3) is 0 Å². The highest BCUT2D eigenvalue weighted by molar-refractivity contribution is 6.46. The van der Waals surface area contributed by atoms with Crippen molar-refractivity contribution in [1.82, 2.24) is 0 Å². The molecule has 2 nitrogen and oxygen atoms in total. The Hall–Kier alpha value is -1.18. The molecule has 0 saturated heterocycles. The number of hydrogen-bond acceptors (Lipinski definition) is 2. The van der Waals surface area contributed by atoms with E-state index in [-0.39, 0.29) is 0 Å². The Kier molecular flexibility index (Phi) is 2.58. The quantitative estimate of drug-likeness (QED) is 0.459. The molecule has 0 atom stereocenters. The molecule has 0 fully saturated rings. The molecule has 64 valence electrons. The Morgan fingerprint density at radius 1 is 1.17 bits per heavy atom. The van der Waals surface area contributed by atoms with Gasteiger partial charge < -0.3 is 0 Å². The van der Waals surface area contributed by atoms with E-state index in [0.29, 0.717) is 5.92 Å². The van der Waals surface area contributed by atoms with Crippen molar-refractivity contribution in [2.75, 3.05) is 0 Å². The molecule has 0 amide bonds. The van der Waals surface area contributed by atoms with Crippen molar-refractivity contribution < 1.29 is 9.59 Å². The molecule has 1 rings (SSSR count). The van der Waals surface area contributed by atoms with E-state index in [1.165, 1.54) is 12.2 Å². The van der Waals surface area contributed by atoms with Gasteiger partial charge in [-0.05, 0) is 30.1 Å². The molecule has 0 unspecified atom stereocenters. The van der Waals surface area contributed by atoms with Crippen LogP contribution in [0.5, 0.6) is 0 Å². The van der Waals surface area contributed by atoms with E-state index in [2.05, 4.69) is 13.8 Å². The van der Waals surface area contributed by atoms with Crippen LogP contribution in [0, 0.1) is 5.92 Å².